The van der Waals surface area contributed by atoms with Gasteiger partial charge in [-0.15, -0.1) is 0 Å². The molecule has 0 spiro atoms. The third-order valence-corrected chi connectivity index (χ3v) is 5.70. The number of rotatable bonds is 7. The third-order valence-electron chi connectivity index (χ3n) is 4.24. The second-order valence-corrected chi connectivity index (χ2v) is 8.28. The molecule has 1 saturated heterocycles. The van der Waals surface area contributed by atoms with E-state index in [1.165, 1.54) is 19.2 Å². The Balaban J connectivity index is 2.09. The summed E-state index contributed by atoms with van der Waals surface area (Å²) in [4.78, 5) is 12.7. The van der Waals surface area contributed by atoms with E-state index in [4.69, 9.17) is 4.74 Å². The van der Waals surface area contributed by atoms with Crippen LogP contribution in [0.15, 0.2) is 29.2 Å². The highest BCUT2D eigenvalue weighted by Crippen LogP contribution is 2.17. The molecule has 0 radical (unpaired) electrons. The highest BCUT2D eigenvalue weighted by molar-refractivity contribution is 7.89. The van der Waals surface area contributed by atoms with Gasteiger partial charge in [0.1, 0.15) is 11.8 Å². The van der Waals surface area contributed by atoms with Crippen molar-refractivity contribution in [3.8, 4) is 5.75 Å². The van der Waals surface area contributed by atoms with Crippen molar-refractivity contribution in [3.63, 3.8) is 0 Å². The number of benzene rings is 1. The van der Waals surface area contributed by atoms with Crippen molar-refractivity contribution in [1.82, 2.24) is 15.4 Å². The molecule has 0 bridgehead atoms. The molecule has 1 heterocycles. The summed E-state index contributed by atoms with van der Waals surface area (Å²) in [5, 5.41) is 6.17. The maximum Gasteiger partial charge on any atom is 0.241 e. The predicted octanol–water partition coefficient (Wildman–Crippen LogP) is 0.866. The Bertz CT molecular complexity index is 668. The Morgan fingerprint density at radius 2 is 1.96 bits per heavy atom. The maximum atomic E-state index is 12.6. The quantitative estimate of drug-likeness (QED) is 0.663. The van der Waals surface area contributed by atoms with Gasteiger partial charge >= 0.3 is 0 Å². The number of carbonyl (C=O) groups excluding carboxylic acids is 1. The molecule has 8 heteroatoms. The number of ether oxygens (including phenoxy) is 1. The first-order chi connectivity index (χ1) is 11.8. The van der Waals surface area contributed by atoms with Gasteiger partial charge in [0.2, 0.25) is 15.9 Å². The lowest BCUT2D eigenvalue weighted by Crippen LogP contribution is -2.54. The van der Waals surface area contributed by atoms with Crippen molar-refractivity contribution in [2.45, 2.75) is 43.7 Å². The Hall–Kier alpha value is -1.64. The van der Waals surface area contributed by atoms with Crippen molar-refractivity contribution >= 4 is 15.9 Å². The SMILES string of the molecule is COc1ccc(S(=O)(=O)NC(C(=O)N[C@H]2CCCNC2)C(C)C)cc1. The second kappa shape index (κ2) is 8.64. The van der Waals surface area contributed by atoms with Gasteiger partial charge in [-0.1, -0.05) is 13.8 Å². The van der Waals surface area contributed by atoms with E-state index in [0.717, 1.165) is 19.4 Å². The molecule has 2 rings (SSSR count). The molecule has 3 N–H and O–H groups in total. The highest BCUT2D eigenvalue weighted by Gasteiger charge is 2.30. The summed E-state index contributed by atoms with van der Waals surface area (Å²) < 4.78 is 32.8. The van der Waals surface area contributed by atoms with E-state index in [1.54, 1.807) is 12.1 Å². The molecule has 1 aromatic rings. The molecule has 1 unspecified atom stereocenters. The number of methoxy groups -OCH3 is 1. The minimum Gasteiger partial charge on any atom is -0.497 e. The number of piperidine rings is 1. The van der Waals surface area contributed by atoms with Gasteiger partial charge in [0.05, 0.1) is 12.0 Å². The van der Waals surface area contributed by atoms with Gasteiger partial charge in [0, 0.05) is 12.6 Å². The minimum absolute atomic E-state index is 0.0352. The molecule has 1 aliphatic rings. The Labute approximate surface area is 149 Å². The summed E-state index contributed by atoms with van der Waals surface area (Å²) in [6.07, 6.45) is 1.89. The van der Waals surface area contributed by atoms with Crippen LogP contribution < -0.4 is 20.1 Å². The Morgan fingerprint density at radius 3 is 2.48 bits per heavy atom. The van der Waals surface area contributed by atoms with Crippen LogP contribution in [0.5, 0.6) is 5.75 Å². The van der Waals surface area contributed by atoms with Gasteiger partial charge in [0.25, 0.3) is 0 Å². The largest absolute Gasteiger partial charge is 0.497 e. The summed E-state index contributed by atoms with van der Waals surface area (Å²) in [6, 6.07) is 5.28. The van der Waals surface area contributed by atoms with E-state index >= 15 is 0 Å². The number of nitrogens with one attached hydrogen (secondary N) is 3. The van der Waals surface area contributed by atoms with Gasteiger partial charge in [-0.05, 0) is 49.6 Å². The molecular weight excluding hydrogens is 342 g/mol. The molecule has 0 saturated carbocycles. The fraction of sp³-hybridized carbons (Fsp3) is 0.588. The molecule has 2 atom stereocenters. The third kappa shape index (κ3) is 5.42. The Morgan fingerprint density at radius 1 is 1.28 bits per heavy atom. The topological polar surface area (TPSA) is 96.5 Å². The van der Waals surface area contributed by atoms with Crippen LogP contribution in [0.1, 0.15) is 26.7 Å². The molecule has 1 aromatic carbocycles. The zero-order chi connectivity index (χ0) is 18.4. The van der Waals surface area contributed by atoms with Crippen LogP contribution in [0.4, 0.5) is 0 Å². The van der Waals surface area contributed by atoms with Crippen LogP contribution >= 0.6 is 0 Å². The van der Waals surface area contributed by atoms with Crippen LogP contribution in [-0.4, -0.2) is 46.6 Å². The van der Waals surface area contributed by atoms with Crippen LogP contribution in [0.25, 0.3) is 0 Å². The van der Waals surface area contributed by atoms with Crippen LogP contribution in [0.2, 0.25) is 0 Å². The molecule has 0 aliphatic carbocycles. The number of hydrogen-bond donors (Lipinski definition) is 3. The standard InChI is InChI=1S/C17H27N3O4S/c1-12(2)16(17(21)19-13-5-4-10-18-11-13)20-25(22,23)15-8-6-14(24-3)7-9-15/h6-9,12-13,16,18,20H,4-5,10-11H2,1-3H3,(H,19,21)/t13-,16?/m0/s1. The zero-order valence-corrected chi connectivity index (χ0v) is 15.7. The van der Waals surface area contributed by atoms with Gasteiger partial charge in [-0.3, -0.25) is 4.79 Å². The number of amides is 1. The summed E-state index contributed by atoms with van der Waals surface area (Å²) in [7, 11) is -2.28. The number of carbonyl (C=O) groups is 1. The van der Waals surface area contributed by atoms with Gasteiger partial charge < -0.3 is 15.4 Å². The van der Waals surface area contributed by atoms with E-state index in [2.05, 4.69) is 15.4 Å². The van der Waals surface area contributed by atoms with Gasteiger partial charge in [-0.2, -0.15) is 4.72 Å². The number of hydrogen-bond acceptors (Lipinski definition) is 5. The second-order valence-electron chi connectivity index (χ2n) is 6.57. The maximum absolute atomic E-state index is 12.6. The molecular formula is C17H27N3O4S. The van der Waals surface area contributed by atoms with Gasteiger partial charge in [-0.25, -0.2) is 8.42 Å². The highest BCUT2D eigenvalue weighted by atomic mass is 32.2. The normalized spacial score (nSPS) is 19.4. The fourth-order valence-corrected chi connectivity index (χ4v) is 4.09. The lowest BCUT2D eigenvalue weighted by Gasteiger charge is -2.28. The monoisotopic (exact) mass is 369 g/mol. The summed E-state index contributed by atoms with van der Waals surface area (Å²) in [6.45, 7) is 5.30. The van der Waals surface area contributed by atoms with E-state index < -0.39 is 16.1 Å². The van der Waals surface area contributed by atoms with Crippen LogP contribution in [0.3, 0.4) is 0 Å². The lowest BCUT2D eigenvalue weighted by molar-refractivity contribution is -0.124. The van der Waals surface area contributed by atoms with E-state index in [1.807, 2.05) is 13.8 Å². The molecule has 1 fully saturated rings. The molecule has 25 heavy (non-hydrogen) atoms. The lowest BCUT2D eigenvalue weighted by atomic mass is 10.0. The molecule has 0 aromatic heterocycles. The smallest absolute Gasteiger partial charge is 0.241 e. The van der Waals surface area contributed by atoms with Gasteiger partial charge in [0.15, 0.2) is 0 Å². The van der Waals surface area contributed by atoms with E-state index in [-0.39, 0.29) is 22.8 Å². The first-order valence-corrected chi connectivity index (χ1v) is 9.99. The average Bonchev–Trinajstić information content (AvgIpc) is 2.60. The van der Waals surface area contributed by atoms with Crippen molar-refractivity contribution in [2.24, 2.45) is 5.92 Å². The van der Waals surface area contributed by atoms with Crippen LogP contribution in [-0.2, 0) is 14.8 Å². The van der Waals surface area contributed by atoms with Crippen LogP contribution in [0, 0.1) is 5.92 Å². The Kier molecular flexibility index (Phi) is 6.80. The molecule has 7 nitrogen and oxygen atoms in total. The molecule has 1 aliphatic heterocycles. The summed E-state index contributed by atoms with van der Waals surface area (Å²) in [5.74, 6) is 0.104. The molecule has 140 valence electrons. The van der Waals surface area contributed by atoms with Crippen molar-refractivity contribution in [3.05, 3.63) is 24.3 Å². The fourth-order valence-electron chi connectivity index (χ4n) is 2.75. The predicted molar refractivity (Wildman–Crippen MR) is 96.0 cm³/mol. The average molecular weight is 369 g/mol. The minimum atomic E-state index is -3.80. The van der Waals surface area contributed by atoms with Crippen molar-refractivity contribution < 1.29 is 17.9 Å². The summed E-state index contributed by atoms with van der Waals surface area (Å²) >= 11 is 0. The van der Waals surface area contributed by atoms with E-state index in [0.29, 0.717) is 12.3 Å². The van der Waals surface area contributed by atoms with Crippen molar-refractivity contribution in [1.29, 1.82) is 0 Å². The molecule has 1 amide bonds. The summed E-state index contributed by atoms with van der Waals surface area (Å²) in [5.41, 5.74) is 0. The number of sulfonamides is 1. The van der Waals surface area contributed by atoms with E-state index in [9.17, 15) is 13.2 Å². The zero-order valence-electron chi connectivity index (χ0n) is 14.9. The first-order valence-electron chi connectivity index (χ1n) is 8.51. The first kappa shape index (κ1) is 19.7. The van der Waals surface area contributed by atoms with Crippen molar-refractivity contribution in [2.75, 3.05) is 20.2 Å².